The lowest BCUT2D eigenvalue weighted by Gasteiger charge is -2.24. The molecule has 0 spiro atoms. The summed E-state index contributed by atoms with van der Waals surface area (Å²) in [6.45, 7) is 7.34. The fourth-order valence-corrected chi connectivity index (χ4v) is 3.71. The molecule has 0 bridgehead atoms. The highest BCUT2D eigenvalue weighted by Crippen LogP contribution is 2.46. The average molecular weight is 354 g/mol. The number of rotatable bonds is 4. The van der Waals surface area contributed by atoms with Crippen molar-refractivity contribution in [2.75, 3.05) is 11.9 Å². The molecular weight excluding hydrogens is 332 g/mol. The predicted molar refractivity (Wildman–Crippen MR) is 99.3 cm³/mol. The molecular formula is C19H22N4O3. The highest BCUT2D eigenvalue weighted by molar-refractivity contribution is 5.92. The van der Waals surface area contributed by atoms with Gasteiger partial charge in [-0.1, -0.05) is 32.0 Å². The molecule has 2 aromatic rings. The minimum atomic E-state index is -0.457. The topological polar surface area (TPSA) is 81.3 Å². The molecule has 1 aromatic carbocycles. The van der Waals surface area contributed by atoms with Gasteiger partial charge in [-0.25, -0.2) is 0 Å². The SMILES string of the molecule is Cc1nn(CC(=O)/C=C2\N(C)c3ccccc3C2(C)C)c(C)c1[N+](=O)[O-]. The first-order valence-corrected chi connectivity index (χ1v) is 8.41. The van der Waals surface area contributed by atoms with Gasteiger partial charge in [0.15, 0.2) is 5.78 Å². The van der Waals surface area contributed by atoms with Gasteiger partial charge >= 0.3 is 5.69 Å². The van der Waals surface area contributed by atoms with Crippen LogP contribution in [0.3, 0.4) is 0 Å². The molecule has 0 N–H and O–H groups in total. The molecule has 0 radical (unpaired) electrons. The van der Waals surface area contributed by atoms with Crippen LogP contribution in [-0.2, 0) is 16.8 Å². The largest absolute Gasteiger partial charge is 0.347 e. The van der Waals surface area contributed by atoms with Crippen LogP contribution < -0.4 is 4.90 Å². The number of hydrogen-bond acceptors (Lipinski definition) is 5. The second-order valence-corrected chi connectivity index (χ2v) is 7.13. The molecule has 26 heavy (non-hydrogen) atoms. The van der Waals surface area contributed by atoms with E-state index in [2.05, 4.69) is 25.0 Å². The molecule has 0 saturated heterocycles. The fraction of sp³-hybridized carbons (Fsp3) is 0.368. The molecule has 0 saturated carbocycles. The van der Waals surface area contributed by atoms with E-state index < -0.39 is 4.92 Å². The van der Waals surface area contributed by atoms with Crippen molar-refractivity contribution in [2.24, 2.45) is 0 Å². The van der Waals surface area contributed by atoms with Crippen LogP contribution in [0.15, 0.2) is 36.0 Å². The number of nitrogens with zero attached hydrogens (tertiary/aromatic N) is 4. The Morgan fingerprint density at radius 1 is 1.31 bits per heavy atom. The number of carbonyl (C=O) groups excluding carboxylic acids is 1. The minimum absolute atomic E-state index is 0.0235. The van der Waals surface area contributed by atoms with Crippen molar-refractivity contribution in [3.05, 3.63) is 63.1 Å². The highest BCUT2D eigenvalue weighted by Gasteiger charge is 2.38. The Hall–Kier alpha value is -2.96. The number of aryl methyl sites for hydroxylation is 1. The normalized spacial score (nSPS) is 16.8. The van der Waals surface area contributed by atoms with Gasteiger partial charge in [-0.15, -0.1) is 0 Å². The van der Waals surface area contributed by atoms with E-state index in [1.165, 1.54) is 10.2 Å². The quantitative estimate of drug-likeness (QED) is 0.478. The molecule has 1 aliphatic heterocycles. The molecule has 7 heteroatoms. The second kappa shape index (κ2) is 6.09. The molecule has 1 aliphatic rings. The lowest BCUT2D eigenvalue weighted by molar-refractivity contribution is -0.386. The summed E-state index contributed by atoms with van der Waals surface area (Å²) in [7, 11) is 1.95. The van der Waals surface area contributed by atoms with E-state index in [0.717, 1.165) is 11.4 Å². The van der Waals surface area contributed by atoms with E-state index in [9.17, 15) is 14.9 Å². The van der Waals surface area contributed by atoms with E-state index in [4.69, 9.17) is 0 Å². The summed E-state index contributed by atoms with van der Waals surface area (Å²) in [5, 5.41) is 15.3. The summed E-state index contributed by atoms with van der Waals surface area (Å²) >= 11 is 0. The van der Waals surface area contributed by atoms with Gasteiger partial charge in [0.1, 0.15) is 17.9 Å². The number of allylic oxidation sites excluding steroid dienone is 2. The Kier molecular flexibility index (Phi) is 4.18. The number of likely N-dealkylation sites (N-methyl/N-ethyl adjacent to an activating group) is 1. The summed E-state index contributed by atoms with van der Waals surface area (Å²) in [5.41, 5.74) is 3.54. The molecule has 0 unspecified atom stereocenters. The zero-order valence-electron chi connectivity index (χ0n) is 15.6. The first-order chi connectivity index (χ1) is 12.1. The third-order valence-corrected chi connectivity index (χ3v) is 5.07. The van der Waals surface area contributed by atoms with Crippen molar-refractivity contribution in [3.8, 4) is 0 Å². The van der Waals surface area contributed by atoms with Gasteiger partial charge in [0, 0.05) is 29.9 Å². The number of benzene rings is 1. The monoisotopic (exact) mass is 354 g/mol. The first-order valence-electron chi connectivity index (χ1n) is 8.41. The number of para-hydroxylation sites is 1. The maximum Gasteiger partial charge on any atom is 0.312 e. The second-order valence-electron chi connectivity index (χ2n) is 7.13. The summed E-state index contributed by atoms with van der Waals surface area (Å²) in [5.74, 6) is -0.145. The molecule has 7 nitrogen and oxygen atoms in total. The van der Waals surface area contributed by atoms with Crippen LogP contribution in [0.25, 0.3) is 0 Å². The molecule has 1 aromatic heterocycles. The van der Waals surface area contributed by atoms with E-state index in [0.29, 0.717) is 11.4 Å². The van der Waals surface area contributed by atoms with Gasteiger partial charge in [0.05, 0.1) is 4.92 Å². The summed E-state index contributed by atoms with van der Waals surface area (Å²) < 4.78 is 1.40. The van der Waals surface area contributed by atoms with Crippen LogP contribution >= 0.6 is 0 Å². The first kappa shape index (κ1) is 17.8. The lowest BCUT2D eigenvalue weighted by atomic mass is 9.83. The van der Waals surface area contributed by atoms with Gasteiger partial charge in [-0.05, 0) is 25.5 Å². The zero-order valence-corrected chi connectivity index (χ0v) is 15.6. The lowest BCUT2D eigenvalue weighted by Crippen LogP contribution is -2.25. The van der Waals surface area contributed by atoms with E-state index in [1.54, 1.807) is 19.9 Å². The fourth-order valence-electron chi connectivity index (χ4n) is 3.71. The van der Waals surface area contributed by atoms with Crippen molar-refractivity contribution < 1.29 is 9.72 Å². The van der Waals surface area contributed by atoms with Crippen LogP contribution in [0, 0.1) is 24.0 Å². The zero-order chi connectivity index (χ0) is 19.2. The third kappa shape index (κ3) is 2.69. The summed E-state index contributed by atoms with van der Waals surface area (Å²) in [4.78, 5) is 25.4. The van der Waals surface area contributed by atoms with Crippen LogP contribution in [-0.4, -0.2) is 27.5 Å². The predicted octanol–water partition coefficient (Wildman–Crippen LogP) is 3.29. The van der Waals surface area contributed by atoms with Crippen molar-refractivity contribution in [1.82, 2.24) is 9.78 Å². The number of hydrogen-bond donors (Lipinski definition) is 0. The standard InChI is InChI=1S/C19H22N4O3/c1-12-18(23(25)26)13(2)22(20-12)11-14(24)10-17-19(3,4)15-8-6-7-9-16(15)21(17)5/h6-10H,11H2,1-5H3/b17-10-. The maximum atomic E-state index is 12.7. The molecule has 3 rings (SSSR count). The molecule has 0 amide bonds. The Morgan fingerprint density at radius 3 is 2.54 bits per heavy atom. The number of nitro groups is 1. The van der Waals surface area contributed by atoms with Crippen LogP contribution in [0.1, 0.15) is 30.8 Å². The average Bonchev–Trinajstić information content (AvgIpc) is 2.94. The molecule has 0 aliphatic carbocycles. The number of anilines is 1. The van der Waals surface area contributed by atoms with Gasteiger partial charge in [0.2, 0.25) is 0 Å². The van der Waals surface area contributed by atoms with Crippen LogP contribution in [0.4, 0.5) is 11.4 Å². The Balaban J connectivity index is 1.91. The third-order valence-electron chi connectivity index (χ3n) is 5.07. The molecule has 2 heterocycles. The number of ketones is 1. The molecule has 0 fully saturated rings. The van der Waals surface area contributed by atoms with Gasteiger partial charge in [0.25, 0.3) is 0 Å². The van der Waals surface area contributed by atoms with E-state index in [-0.39, 0.29) is 23.4 Å². The summed E-state index contributed by atoms with van der Waals surface area (Å²) in [6, 6.07) is 8.08. The number of fused-ring (bicyclic) bond motifs is 1. The summed E-state index contributed by atoms with van der Waals surface area (Å²) in [6.07, 6.45) is 1.63. The Labute approximate surface area is 152 Å². The van der Waals surface area contributed by atoms with Crippen molar-refractivity contribution in [2.45, 2.75) is 39.7 Å². The van der Waals surface area contributed by atoms with Gasteiger partial charge in [-0.2, -0.15) is 5.10 Å². The van der Waals surface area contributed by atoms with Gasteiger partial charge < -0.3 is 4.90 Å². The van der Waals surface area contributed by atoms with Crippen molar-refractivity contribution in [1.29, 1.82) is 0 Å². The molecule has 0 atom stereocenters. The smallest absolute Gasteiger partial charge is 0.312 e. The minimum Gasteiger partial charge on any atom is -0.347 e. The van der Waals surface area contributed by atoms with Crippen LogP contribution in [0.5, 0.6) is 0 Å². The van der Waals surface area contributed by atoms with E-state index >= 15 is 0 Å². The number of aromatic nitrogens is 2. The van der Waals surface area contributed by atoms with Crippen molar-refractivity contribution in [3.63, 3.8) is 0 Å². The highest BCUT2D eigenvalue weighted by atomic mass is 16.6. The maximum absolute atomic E-state index is 12.7. The van der Waals surface area contributed by atoms with Crippen molar-refractivity contribution >= 4 is 17.2 Å². The van der Waals surface area contributed by atoms with E-state index in [1.807, 2.05) is 30.1 Å². The Morgan fingerprint density at radius 2 is 1.96 bits per heavy atom. The Bertz CT molecular complexity index is 940. The number of carbonyl (C=O) groups is 1. The van der Waals surface area contributed by atoms with Crippen LogP contribution in [0.2, 0.25) is 0 Å². The van der Waals surface area contributed by atoms with Gasteiger partial charge in [-0.3, -0.25) is 19.6 Å². The molecule has 136 valence electrons.